The molecule has 0 amide bonds. The number of nitrogens with two attached hydrogens (primary N) is 1. The van der Waals surface area contributed by atoms with E-state index in [4.69, 9.17) is 15.5 Å². The summed E-state index contributed by atoms with van der Waals surface area (Å²) in [6.45, 7) is 14.2. The van der Waals surface area contributed by atoms with Gasteiger partial charge in [-0.05, 0) is 93.4 Å². The van der Waals surface area contributed by atoms with Crippen LogP contribution in [0, 0.1) is 19.3 Å². The van der Waals surface area contributed by atoms with E-state index in [0.29, 0.717) is 8.58 Å². The molecule has 2 heterocycles. The lowest BCUT2D eigenvalue weighted by atomic mass is 9.69. The summed E-state index contributed by atoms with van der Waals surface area (Å²) in [6.07, 6.45) is 9.19. The molecule has 2 N–H and O–H groups in total. The first-order chi connectivity index (χ1) is 18.7. The van der Waals surface area contributed by atoms with Crippen LogP contribution in [0.15, 0.2) is 42.7 Å². The molecule has 3 aromatic rings. The van der Waals surface area contributed by atoms with Gasteiger partial charge in [0.1, 0.15) is 5.82 Å². The molecule has 1 aliphatic rings. The molecule has 1 aromatic heterocycles. The van der Waals surface area contributed by atoms with E-state index in [0.717, 1.165) is 59.7 Å². The van der Waals surface area contributed by atoms with E-state index < -0.39 is 5.41 Å². The Bertz CT molecular complexity index is 1290. The van der Waals surface area contributed by atoms with E-state index in [2.05, 4.69) is 66.5 Å². The SMILES string of the molecule is COC(=O)C(C)(C)C(c1ccc(C)c(Cn2ccnc2CN2CCCCCC2)c1)c1ccc(PC)c(N)c1C. The van der Waals surface area contributed by atoms with Gasteiger partial charge in [-0.3, -0.25) is 9.69 Å². The number of anilines is 1. The first kappa shape index (κ1) is 29.3. The number of rotatable bonds is 9. The highest BCUT2D eigenvalue weighted by Crippen LogP contribution is 2.44. The first-order valence-electron chi connectivity index (χ1n) is 14.1. The van der Waals surface area contributed by atoms with Crippen molar-refractivity contribution in [2.24, 2.45) is 5.41 Å². The van der Waals surface area contributed by atoms with E-state index in [1.807, 2.05) is 20.0 Å². The van der Waals surface area contributed by atoms with Crippen molar-refractivity contribution in [1.82, 2.24) is 14.5 Å². The number of imidazole rings is 1. The number of benzene rings is 2. The third-order valence-electron chi connectivity index (χ3n) is 8.48. The number of esters is 1. The summed E-state index contributed by atoms with van der Waals surface area (Å²) in [5, 5.41) is 1.16. The Morgan fingerprint density at radius 2 is 1.82 bits per heavy atom. The Morgan fingerprint density at radius 1 is 1.10 bits per heavy atom. The van der Waals surface area contributed by atoms with Crippen LogP contribution in [-0.4, -0.2) is 47.3 Å². The Labute approximate surface area is 236 Å². The Balaban J connectivity index is 1.72. The molecule has 2 aromatic carbocycles. The predicted molar refractivity (Wildman–Crippen MR) is 163 cm³/mol. The summed E-state index contributed by atoms with van der Waals surface area (Å²) in [6, 6.07) is 10.9. The molecule has 2 unspecified atom stereocenters. The van der Waals surface area contributed by atoms with Crippen LogP contribution in [0.3, 0.4) is 0 Å². The van der Waals surface area contributed by atoms with Crippen LogP contribution in [0.1, 0.15) is 79.1 Å². The lowest BCUT2D eigenvalue weighted by Gasteiger charge is -2.34. The highest BCUT2D eigenvalue weighted by atomic mass is 31.1. The van der Waals surface area contributed by atoms with E-state index in [1.54, 1.807) is 0 Å². The van der Waals surface area contributed by atoms with Gasteiger partial charge < -0.3 is 15.0 Å². The molecule has 1 fully saturated rings. The van der Waals surface area contributed by atoms with Gasteiger partial charge >= 0.3 is 5.97 Å². The number of nitrogens with zero attached hydrogens (tertiary/aromatic N) is 3. The molecule has 0 radical (unpaired) electrons. The summed E-state index contributed by atoms with van der Waals surface area (Å²) in [7, 11) is 2.09. The Kier molecular flexibility index (Phi) is 9.51. The van der Waals surface area contributed by atoms with Gasteiger partial charge in [0, 0.05) is 30.5 Å². The van der Waals surface area contributed by atoms with Crippen molar-refractivity contribution in [3.05, 3.63) is 76.4 Å². The van der Waals surface area contributed by atoms with E-state index >= 15 is 0 Å². The van der Waals surface area contributed by atoms with Crippen molar-refractivity contribution >= 4 is 25.5 Å². The average molecular weight is 549 g/mol. The first-order valence-corrected chi connectivity index (χ1v) is 15.6. The Hall–Kier alpha value is -2.69. The van der Waals surface area contributed by atoms with Crippen molar-refractivity contribution in [3.63, 3.8) is 0 Å². The number of aryl methyl sites for hydroxylation is 1. The van der Waals surface area contributed by atoms with Crippen LogP contribution in [0.5, 0.6) is 0 Å². The van der Waals surface area contributed by atoms with Crippen molar-refractivity contribution in [2.75, 3.05) is 32.6 Å². The summed E-state index contributed by atoms with van der Waals surface area (Å²) in [5.41, 5.74) is 12.3. The molecule has 7 heteroatoms. The van der Waals surface area contributed by atoms with Gasteiger partial charge in [-0.2, -0.15) is 0 Å². The maximum absolute atomic E-state index is 13.1. The normalized spacial score (nSPS) is 15.9. The molecule has 1 aliphatic heterocycles. The molecule has 6 nitrogen and oxygen atoms in total. The van der Waals surface area contributed by atoms with E-state index in [9.17, 15) is 4.79 Å². The largest absolute Gasteiger partial charge is 0.469 e. The summed E-state index contributed by atoms with van der Waals surface area (Å²) in [5.74, 6) is 0.663. The monoisotopic (exact) mass is 548 g/mol. The van der Waals surface area contributed by atoms with Crippen molar-refractivity contribution in [3.8, 4) is 0 Å². The Morgan fingerprint density at radius 3 is 2.49 bits per heavy atom. The third-order valence-corrected chi connectivity index (χ3v) is 9.46. The van der Waals surface area contributed by atoms with Crippen LogP contribution >= 0.6 is 8.58 Å². The minimum absolute atomic E-state index is 0.208. The molecule has 0 bridgehead atoms. The highest BCUT2D eigenvalue weighted by Gasteiger charge is 2.41. The number of hydrogen-bond donors (Lipinski definition) is 1. The van der Waals surface area contributed by atoms with Crippen LogP contribution in [0.4, 0.5) is 5.69 Å². The predicted octanol–water partition coefficient (Wildman–Crippen LogP) is 5.77. The molecular formula is C32H45N4O2P. The van der Waals surface area contributed by atoms with Gasteiger partial charge in [0.15, 0.2) is 0 Å². The highest BCUT2D eigenvalue weighted by molar-refractivity contribution is 7.46. The van der Waals surface area contributed by atoms with Gasteiger partial charge in [-0.25, -0.2) is 4.98 Å². The van der Waals surface area contributed by atoms with Crippen LogP contribution in [-0.2, 0) is 22.6 Å². The molecule has 0 aliphatic carbocycles. The maximum atomic E-state index is 13.1. The summed E-state index contributed by atoms with van der Waals surface area (Å²) in [4.78, 5) is 20.4. The number of methoxy groups -OCH3 is 1. The van der Waals surface area contributed by atoms with Gasteiger partial charge in [0.2, 0.25) is 0 Å². The fraction of sp³-hybridized carbons (Fsp3) is 0.500. The molecule has 0 saturated carbocycles. The number of ether oxygens (including phenoxy) is 1. The maximum Gasteiger partial charge on any atom is 0.312 e. The lowest BCUT2D eigenvalue weighted by Crippen LogP contribution is -2.34. The zero-order valence-electron chi connectivity index (χ0n) is 24.5. The van der Waals surface area contributed by atoms with Crippen molar-refractivity contribution < 1.29 is 9.53 Å². The smallest absolute Gasteiger partial charge is 0.312 e. The molecule has 0 spiro atoms. The number of hydrogen-bond acceptors (Lipinski definition) is 5. The molecule has 39 heavy (non-hydrogen) atoms. The van der Waals surface area contributed by atoms with Crippen LogP contribution in [0.25, 0.3) is 0 Å². The van der Waals surface area contributed by atoms with E-state index in [1.165, 1.54) is 43.9 Å². The van der Waals surface area contributed by atoms with Gasteiger partial charge in [0.25, 0.3) is 0 Å². The fourth-order valence-corrected chi connectivity index (χ4v) is 6.70. The second-order valence-electron chi connectivity index (χ2n) is 11.5. The molecular weight excluding hydrogens is 503 g/mol. The minimum Gasteiger partial charge on any atom is -0.469 e. The molecule has 2 atom stereocenters. The van der Waals surface area contributed by atoms with Crippen LogP contribution in [0.2, 0.25) is 0 Å². The zero-order chi connectivity index (χ0) is 28.2. The minimum atomic E-state index is -0.790. The quantitative estimate of drug-likeness (QED) is 0.209. The number of carbonyl (C=O) groups excluding carboxylic acids is 1. The number of aromatic nitrogens is 2. The number of likely N-dealkylation sites (tertiary alicyclic amines) is 1. The van der Waals surface area contributed by atoms with Crippen LogP contribution < -0.4 is 11.0 Å². The standard InChI is InChI=1S/C32H45N4O2P/c1-22-11-12-24(19-25(22)20-36-18-15-34-28(36)21-35-16-9-7-8-10-17-35)29(32(3,4)31(37)38-5)26-13-14-27(39-6)30(33)23(26)2/h11-15,18-19,29,39H,7-10,16-17,20-21,33H2,1-6H3. The van der Waals surface area contributed by atoms with Gasteiger partial charge in [-0.1, -0.05) is 51.8 Å². The second kappa shape index (κ2) is 12.7. The topological polar surface area (TPSA) is 73.4 Å². The van der Waals surface area contributed by atoms with E-state index in [-0.39, 0.29) is 11.9 Å². The van der Waals surface area contributed by atoms with Crippen molar-refractivity contribution in [2.45, 2.75) is 72.4 Å². The summed E-state index contributed by atoms with van der Waals surface area (Å²) < 4.78 is 7.58. The number of carbonyl (C=O) groups is 1. The zero-order valence-corrected chi connectivity index (χ0v) is 25.5. The molecule has 4 rings (SSSR count). The third kappa shape index (κ3) is 6.39. The van der Waals surface area contributed by atoms with Gasteiger partial charge in [0.05, 0.1) is 19.1 Å². The second-order valence-corrected chi connectivity index (χ2v) is 12.5. The lowest BCUT2D eigenvalue weighted by molar-refractivity contribution is -0.151. The average Bonchev–Trinajstić information content (AvgIpc) is 3.18. The fourth-order valence-electron chi connectivity index (χ4n) is 6.00. The van der Waals surface area contributed by atoms with Crippen molar-refractivity contribution in [1.29, 1.82) is 0 Å². The summed E-state index contributed by atoms with van der Waals surface area (Å²) >= 11 is 0. The number of nitrogen functional groups attached to an aromatic ring is 1. The molecule has 210 valence electrons. The van der Waals surface area contributed by atoms with Gasteiger partial charge in [-0.15, -0.1) is 0 Å². The molecule has 1 saturated heterocycles.